The van der Waals surface area contributed by atoms with Crippen LogP contribution in [0.15, 0.2) is 36.5 Å². The van der Waals surface area contributed by atoms with Gasteiger partial charge in [-0.25, -0.2) is 0 Å². The number of pyridine rings is 1. The molecule has 0 bridgehead atoms. The molecular formula is C14H12F3NO. The van der Waals surface area contributed by atoms with Gasteiger partial charge in [-0.1, -0.05) is 12.1 Å². The molecule has 0 unspecified atom stereocenters. The quantitative estimate of drug-likeness (QED) is 0.817. The van der Waals surface area contributed by atoms with Gasteiger partial charge < -0.3 is 4.74 Å². The predicted octanol–water partition coefficient (Wildman–Crippen LogP) is 4.08. The molecule has 2 nitrogen and oxygen atoms in total. The number of benzene rings is 1. The minimum Gasteiger partial charge on any atom is -0.495 e. The molecule has 0 amide bonds. The summed E-state index contributed by atoms with van der Waals surface area (Å²) < 4.78 is 42.4. The van der Waals surface area contributed by atoms with Crippen LogP contribution in [0.4, 0.5) is 13.2 Å². The molecule has 1 heterocycles. The Balaban J connectivity index is 2.37. The Morgan fingerprint density at radius 1 is 1.11 bits per heavy atom. The fourth-order valence-electron chi connectivity index (χ4n) is 1.78. The Bertz CT molecular complexity index is 576. The molecule has 19 heavy (non-hydrogen) atoms. The summed E-state index contributed by atoms with van der Waals surface area (Å²) >= 11 is 0. The van der Waals surface area contributed by atoms with Crippen LogP contribution in [0.25, 0.3) is 11.3 Å². The molecule has 0 fully saturated rings. The third-order valence-corrected chi connectivity index (χ3v) is 2.77. The number of hydrogen-bond donors (Lipinski definition) is 0. The SMILES string of the molecule is COc1cnc(-c2ccc(C(F)(F)F)cc2)c(C)c1. The first-order chi connectivity index (χ1) is 8.91. The van der Waals surface area contributed by atoms with Crippen molar-refractivity contribution in [2.75, 3.05) is 7.11 Å². The van der Waals surface area contributed by atoms with Crippen molar-refractivity contribution >= 4 is 0 Å². The first-order valence-electron chi connectivity index (χ1n) is 5.60. The molecule has 0 aliphatic rings. The number of rotatable bonds is 2. The van der Waals surface area contributed by atoms with Gasteiger partial charge >= 0.3 is 6.18 Å². The topological polar surface area (TPSA) is 22.1 Å². The highest BCUT2D eigenvalue weighted by Gasteiger charge is 2.30. The second-order valence-corrected chi connectivity index (χ2v) is 4.12. The van der Waals surface area contributed by atoms with E-state index in [1.54, 1.807) is 12.3 Å². The lowest BCUT2D eigenvalue weighted by atomic mass is 10.0. The lowest BCUT2D eigenvalue weighted by Crippen LogP contribution is -2.04. The summed E-state index contributed by atoms with van der Waals surface area (Å²) in [5.74, 6) is 0.619. The van der Waals surface area contributed by atoms with Crippen LogP contribution in [0.3, 0.4) is 0 Å². The van der Waals surface area contributed by atoms with E-state index in [-0.39, 0.29) is 0 Å². The van der Waals surface area contributed by atoms with Gasteiger partial charge in [0.05, 0.1) is 24.6 Å². The van der Waals surface area contributed by atoms with E-state index in [1.165, 1.54) is 19.2 Å². The highest BCUT2D eigenvalue weighted by Crippen LogP contribution is 2.31. The predicted molar refractivity (Wildman–Crippen MR) is 66.0 cm³/mol. The van der Waals surface area contributed by atoms with E-state index in [1.807, 2.05) is 6.92 Å². The number of methoxy groups -OCH3 is 1. The highest BCUT2D eigenvalue weighted by atomic mass is 19.4. The van der Waals surface area contributed by atoms with Crippen LogP contribution >= 0.6 is 0 Å². The van der Waals surface area contributed by atoms with Crippen molar-refractivity contribution in [2.24, 2.45) is 0 Å². The zero-order chi connectivity index (χ0) is 14.0. The average Bonchev–Trinajstić information content (AvgIpc) is 2.37. The van der Waals surface area contributed by atoms with Crippen LogP contribution in [0.1, 0.15) is 11.1 Å². The van der Waals surface area contributed by atoms with Crippen molar-refractivity contribution in [3.63, 3.8) is 0 Å². The van der Waals surface area contributed by atoms with E-state index in [2.05, 4.69) is 4.98 Å². The van der Waals surface area contributed by atoms with E-state index in [0.717, 1.165) is 17.7 Å². The van der Waals surface area contributed by atoms with E-state index >= 15 is 0 Å². The standard InChI is InChI=1S/C14H12F3NO/c1-9-7-12(19-2)8-18-13(9)10-3-5-11(6-4-10)14(15,16)17/h3-8H,1-2H3. The van der Waals surface area contributed by atoms with Crippen molar-refractivity contribution in [3.8, 4) is 17.0 Å². The highest BCUT2D eigenvalue weighted by molar-refractivity contribution is 5.63. The van der Waals surface area contributed by atoms with Gasteiger partial charge in [0.2, 0.25) is 0 Å². The third-order valence-electron chi connectivity index (χ3n) is 2.77. The Kier molecular flexibility index (Phi) is 3.46. The molecule has 0 radical (unpaired) electrons. The fraction of sp³-hybridized carbons (Fsp3) is 0.214. The Morgan fingerprint density at radius 2 is 1.74 bits per heavy atom. The van der Waals surface area contributed by atoms with Gasteiger partial charge in [-0.3, -0.25) is 4.98 Å². The molecule has 0 atom stereocenters. The molecule has 0 saturated heterocycles. The van der Waals surface area contributed by atoms with Gasteiger partial charge in [-0.15, -0.1) is 0 Å². The Hall–Kier alpha value is -2.04. The van der Waals surface area contributed by atoms with Crippen LogP contribution in [0.5, 0.6) is 5.75 Å². The summed E-state index contributed by atoms with van der Waals surface area (Å²) in [5, 5.41) is 0. The van der Waals surface area contributed by atoms with Crippen molar-refractivity contribution in [3.05, 3.63) is 47.7 Å². The Labute approximate surface area is 108 Å². The maximum Gasteiger partial charge on any atom is 0.416 e. The number of aryl methyl sites for hydroxylation is 1. The number of hydrogen-bond acceptors (Lipinski definition) is 2. The minimum absolute atomic E-state index is 0.619. The van der Waals surface area contributed by atoms with Crippen LogP contribution in [0.2, 0.25) is 0 Å². The van der Waals surface area contributed by atoms with Gasteiger partial charge in [0.25, 0.3) is 0 Å². The number of nitrogens with zero attached hydrogens (tertiary/aromatic N) is 1. The minimum atomic E-state index is -4.32. The number of aromatic nitrogens is 1. The third kappa shape index (κ3) is 2.86. The summed E-state index contributed by atoms with van der Waals surface area (Å²) in [6.45, 7) is 1.84. The molecule has 100 valence electrons. The molecule has 0 N–H and O–H groups in total. The second-order valence-electron chi connectivity index (χ2n) is 4.12. The molecule has 0 spiro atoms. The summed E-state index contributed by atoms with van der Waals surface area (Å²) in [5.41, 5.74) is 1.48. The van der Waals surface area contributed by atoms with Gasteiger partial charge in [0, 0.05) is 5.56 Å². The lowest BCUT2D eigenvalue weighted by Gasteiger charge is -2.09. The van der Waals surface area contributed by atoms with Crippen molar-refractivity contribution in [1.82, 2.24) is 4.98 Å². The van der Waals surface area contributed by atoms with Crippen molar-refractivity contribution < 1.29 is 17.9 Å². The summed E-state index contributed by atoms with van der Waals surface area (Å²) in [6.07, 6.45) is -2.78. The van der Waals surface area contributed by atoms with E-state index < -0.39 is 11.7 Å². The molecule has 0 aliphatic heterocycles. The first-order valence-corrected chi connectivity index (χ1v) is 5.60. The summed E-state index contributed by atoms with van der Waals surface area (Å²) in [7, 11) is 1.54. The summed E-state index contributed by atoms with van der Waals surface area (Å²) in [4.78, 5) is 4.20. The largest absolute Gasteiger partial charge is 0.495 e. The Morgan fingerprint density at radius 3 is 2.21 bits per heavy atom. The molecule has 2 rings (SSSR count). The van der Waals surface area contributed by atoms with Gasteiger partial charge in [-0.2, -0.15) is 13.2 Å². The first kappa shape index (κ1) is 13.4. The van der Waals surface area contributed by atoms with Crippen LogP contribution in [-0.4, -0.2) is 12.1 Å². The van der Waals surface area contributed by atoms with Gasteiger partial charge in [0.1, 0.15) is 5.75 Å². The fourth-order valence-corrected chi connectivity index (χ4v) is 1.78. The smallest absolute Gasteiger partial charge is 0.416 e. The zero-order valence-corrected chi connectivity index (χ0v) is 10.5. The normalized spacial score (nSPS) is 11.4. The van der Waals surface area contributed by atoms with Gasteiger partial charge in [-0.05, 0) is 30.7 Å². The van der Waals surface area contributed by atoms with Crippen molar-refractivity contribution in [2.45, 2.75) is 13.1 Å². The molecule has 1 aromatic carbocycles. The van der Waals surface area contributed by atoms with Crippen LogP contribution in [0, 0.1) is 6.92 Å². The number of alkyl halides is 3. The van der Waals surface area contributed by atoms with Crippen LogP contribution < -0.4 is 4.74 Å². The van der Waals surface area contributed by atoms with E-state index in [9.17, 15) is 13.2 Å². The average molecular weight is 267 g/mol. The lowest BCUT2D eigenvalue weighted by molar-refractivity contribution is -0.137. The second kappa shape index (κ2) is 4.91. The van der Waals surface area contributed by atoms with Crippen molar-refractivity contribution in [1.29, 1.82) is 0 Å². The molecule has 5 heteroatoms. The molecule has 2 aromatic rings. The molecule has 1 aromatic heterocycles. The van der Waals surface area contributed by atoms with E-state index in [4.69, 9.17) is 4.74 Å². The zero-order valence-electron chi connectivity index (χ0n) is 10.5. The number of ether oxygens (including phenoxy) is 1. The van der Waals surface area contributed by atoms with Crippen LogP contribution in [-0.2, 0) is 6.18 Å². The van der Waals surface area contributed by atoms with E-state index in [0.29, 0.717) is 17.0 Å². The van der Waals surface area contributed by atoms with Gasteiger partial charge in [0.15, 0.2) is 0 Å². The molecule has 0 aliphatic carbocycles. The summed E-state index contributed by atoms with van der Waals surface area (Å²) in [6, 6.07) is 6.75. The maximum absolute atomic E-state index is 12.5. The maximum atomic E-state index is 12.5. The number of halogens is 3. The molecule has 0 saturated carbocycles. The molecular weight excluding hydrogens is 255 g/mol. The monoisotopic (exact) mass is 267 g/mol.